The molecule has 18 heteroatoms. The molecule has 284 valence electrons. The second kappa shape index (κ2) is 16.0. The number of amides is 2. The predicted molar refractivity (Wildman–Crippen MR) is 189 cm³/mol. The Bertz CT molecular complexity index is 1990. The highest BCUT2D eigenvalue weighted by Gasteiger charge is 2.39. The molecule has 6 rings (SSSR count). The van der Waals surface area contributed by atoms with E-state index >= 15 is 0 Å². The number of ether oxygens (including phenoxy) is 3. The van der Waals surface area contributed by atoms with Crippen molar-refractivity contribution in [3.8, 4) is 11.5 Å². The van der Waals surface area contributed by atoms with Crippen LogP contribution in [0.1, 0.15) is 63.6 Å². The fourth-order valence-corrected chi connectivity index (χ4v) is 7.80. The van der Waals surface area contributed by atoms with Crippen LogP contribution in [-0.2, 0) is 26.0 Å². The maximum Gasteiger partial charge on any atom is 0.387 e. The average Bonchev–Trinajstić information content (AvgIpc) is 3.72. The number of carbonyl (C=O) groups is 3. The van der Waals surface area contributed by atoms with Gasteiger partial charge in [-0.3, -0.25) is 23.6 Å². The number of hydrogen-bond donors (Lipinski definition) is 0. The Balaban J connectivity index is 1.24. The number of nitrogens with zero attached hydrogens (tertiary/aromatic N) is 4. The lowest BCUT2D eigenvalue weighted by Gasteiger charge is -2.25. The van der Waals surface area contributed by atoms with Crippen LogP contribution < -0.4 is 18.5 Å². The SMILES string of the molecule is CS(=O)(=O)N(CCN1CCCC1)c1ccc2c(c1)C(=O)N(CC(=O)O[C@@H](Cc1c(Cl)c[n+]([O-])cc1Cl)c1ccc(OC(F)F)c(OCC3CC3)c1)C2=O. The zero-order chi connectivity index (χ0) is 38.0. The molecule has 1 saturated carbocycles. The molecular formula is C35H36Cl2F2N4O9S. The monoisotopic (exact) mass is 796 g/mol. The number of aromatic nitrogens is 1. The molecule has 0 spiro atoms. The lowest BCUT2D eigenvalue weighted by molar-refractivity contribution is -0.605. The molecule has 1 atom stereocenters. The van der Waals surface area contributed by atoms with Crippen molar-refractivity contribution < 1.29 is 50.5 Å². The van der Waals surface area contributed by atoms with Crippen molar-refractivity contribution in [3.05, 3.63) is 86.3 Å². The third-order valence-electron chi connectivity index (χ3n) is 9.20. The van der Waals surface area contributed by atoms with E-state index in [4.69, 9.17) is 32.7 Å². The van der Waals surface area contributed by atoms with Crippen LogP contribution in [0.25, 0.3) is 0 Å². The standard InChI is InChI=1S/C35H36Cl2F2N4O9S/c1-53(48,49)43(13-12-40-10-2-3-11-40)23-7-8-24-25(15-23)34(46)42(33(24)45)19-32(44)51-30(16-26-27(36)17-41(47)18-28(26)37)22-6-9-29(52-35(38)39)31(14-22)50-20-21-4-5-21/h6-9,14-15,17-18,21,30,35H,2-5,10-13,16,19-20H2,1H3/t30-/m0/s1. The minimum atomic E-state index is -3.75. The molecule has 2 aromatic carbocycles. The molecule has 1 saturated heterocycles. The van der Waals surface area contributed by atoms with Crippen LogP contribution in [0.4, 0.5) is 14.5 Å². The van der Waals surface area contributed by atoms with Gasteiger partial charge in [0.1, 0.15) is 22.7 Å². The average molecular weight is 798 g/mol. The van der Waals surface area contributed by atoms with Gasteiger partial charge in [0.2, 0.25) is 10.0 Å². The minimum absolute atomic E-state index is 0.0167. The summed E-state index contributed by atoms with van der Waals surface area (Å²) >= 11 is 12.7. The fraction of sp³-hybridized carbons (Fsp3) is 0.429. The first-order valence-corrected chi connectivity index (χ1v) is 19.5. The van der Waals surface area contributed by atoms with Gasteiger partial charge in [-0.15, -0.1) is 0 Å². The molecule has 3 aliphatic rings. The molecule has 2 fully saturated rings. The van der Waals surface area contributed by atoms with Crippen molar-refractivity contribution >= 4 is 56.7 Å². The molecule has 13 nitrogen and oxygen atoms in total. The van der Waals surface area contributed by atoms with E-state index in [9.17, 15) is 36.8 Å². The van der Waals surface area contributed by atoms with Gasteiger partial charge in [-0.05, 0) is 80.6 Å². The van der Waals surface area contributed by atoms with E-state index in [0.29, 0.717) is 16.2 Å². The minimum Gasteiger partial charge on any atom is -0.619 e. The number of halogens is 4. The third kappa shape index (κ3) is 9.28. The summed E-state index contributed by atoms with van der Waals surface area (Å²) in [5.74, 6) is -2.65. The normalized spacial score (nSPS) is 16.6. The van der Waals surface area contributed by atoms with Crippen molar-refractivity contribution in [2.45, 2.75) is 44.8 Å². The molecule has 0 N–H and O–H groups in total. The number of anilines is 1. The van der Waals surface area contributed by atoms with Crippen LogP contribution in [0.2, 0.25) is 10.0 Å². The van der Waals surface area contributed by atoms with E-state index in [2.05, 4.69) is 9.64 Å². The quantitative estimate of drug-likeness (QED) is 0.0839. The molecular weight excluding hydrogens is 761 g/mol. The number of pyridine rings is 1. The van der Waals surface area contributed by atoms with Gasteiger partial charge in [-0.2, -0.15) is 13.5 Å². The number of benzene rings is 2. The highest BCUT2D eigenvalue weighted by Crippen LogP contribution is 2.38. The van der Waals surface area contributed by atoms with Crippen LogP contribution >= 0.6 is 23.2 Å². The zero-order valence-corrected chi connectivity index (χ0v) is 30.8. The lowest BCUT2D eigenvalue weighted by Crippen LogP contribution is -2.37. The number of imide groups is 1. The molecule has 53 heavy (non-hydrogen) atoms. The zero-order valence-electron chi connectivity index (χ0n) is 28.5. The number of rotatable bonds is 16. The molecule has 2 amide bonds. The van der Waals surface area contributed by atoms with Crippen LogP contribution in [0.15, 0.2) is 48.8 Å². The number of carbonyl (C=O) groups excluding carboxylic acids is 3. The van der Waals surface area contributed by atoms with Gasteiger partial charge in [0.05, 0.1) is 29.7 Å². The second-order valence-electron chi connectivity index (χ2n) is 13.1. The number of alkyl halides is 2. The summed E-state index contributed by atoms with van der Waals surface area (Å²) in [5, 5.41) is 11.8. The summed E-state index contributed by atoms with van der Waals surface area (Å²) in [5.41, 5.74) is 0.578. The second-order valence-corrected chi connectivity index (χ2v) is 15.8. The topological polar surface area (TPSA) is 150 Å². The number of sulfonamides is 1. The number of likely N-dealkylation sites (tertiary alicyclic amines) is 1. The van der Waals surface area contributed by atoms with Crippen molar-refractivity contribution in [1.82, 2.24) is 9.80 Å². The molecule has 2 aliphatic heterocycles. The van der Waals surface area contributed by atoms with Gasteiger partial charge in [-0.1, -0.05) is 29.3 Å². The maximum absolute atomic E-state index is 13.6. The van der Waals surface area contributed by atoms with E-state index in [1.807, 2.05) is 0 Å². The molecule has 0 radical (unpaired) electrons. The molecule has 1 aliphatic carbocycles. The van der Waals surface area contributed by atoms with Crippen molar-refractivity contribution in [3.63, 3.8) is 0 Å². The van der Waals surface area contributed by atoms with Crippen LogP contribution in [0.5, 0.6) is 11.5 Å². The summed E-state index contributed by atoms with van der Waals surface area (Å²) in [6, 6.07) is 8.09. The largest absolute Gasteiger partial charge is 0.619 e. The van der Waals surface area contributed by atoms with Gasteiger partial charge in [0, 0.05) is 25.1 Å². The smallest absolute Gasteiger partial charge is 0.387 e. The Kier molecular flexibility index (Phi) is 11.6. The predicted octanol–water partition coefficient (Wildman–Crippen LogP) is 5.00. The number of fused-ring (bicyclic) bond motifs is 1. The van der Waals surface area contributed by atoms with Gasteiger partial charge in [-0.25, -0.2) is 8.42 Å². The van der Waals surface area contributed by atoms with Gasteiger partial charge >= 0.3 is 12.6 Å². The summed E-state index contributed by atoms with van der Waals surface area (Å²) < 4.78 is 69.8. The van der Waals surface area contributed by atoms with Crippen molar-refractivity contribution in [2.24, 2.45) is 5.92 Å². The Labute approximate surface area is 314 Å². The molecule has 3 heterocycles. The van der Waals surface area contributed by atoms with E-state index in [1.54, 1.807) is 0 Å². The highest BCUT2D eigenvalue weighted by molar-refractivity contribution is 7.92. The van der Waals surface area contributed by atoms with Crippen molar-refractivity contribution in [1.29, 1.82) is 0 Å². The Morgan fingerprint density at radius 1 is 1.02 bits per heavy atom. The van der Waals surface area contributed by atoms with E-state index < -0.39 is 47.1 Å². The van der Waals surface area contributed by atoms with Crippen molar-refractivity contribution in [2.75, 3.05) is 49.9 Å². The van der Waals surface area contributed by atoms with Gasteiger partial charge < -0.3 is 24.3 Å². The fourth-order valence-electron chi connectivity index (χ4n) is 6.29. The summed E-state index contributed by atoms with van der Waals surface area (Å²) in [6.07, 6.45) is 5.63. The Morgan fingerprint density at radius 2 is 1.70 bits per heavy atom. The van der Waals surface area contributed by atoms with Gasteiger partial charge in [0.15, 0.2) is 23.9 Å². The van der Waals surface area contributed by atoms with Gasteiger partial charge in [0.25, 0.3) is 11.8 Å². The summed E-state index contributed by atoms with van der Waals surface area (Å²) in [7, 11) is -3.75. The third-order valence-corrected chi connectivity index (χ3v) is 11.0. The first-order chi connectivity index (χ1) is 25.2. The Hall–Kier alpha value is -4.25. The first-order valence-electron chi connectivity index (χ1n) is 16.9. The lowest BCUT2D eigenvalue weighted by atomic mass is 10.0. The van der Waals surface area contributed by atoms with Crippen LogP contribution in [0.3, 0.4) is 0 Å². The van der Waals surface area contributed by atoms with Crippen LogP contribution in [0, 0.1) is 11.1 Å². The molecule has 3 aromatic rings. The number of esters is 1. The Morgan fingerprint density at radius 3 is 2.34 bits per heavy atom. The molecule has 1 aromatic heterocycles. The van der Waals surface area contributed by atoms with E-state index in [-0.39, 0.29) is 75.0 Å². The summed E-state index contributed by atoms with van der Waals surface area (Å²) in [4.78, 5) is 43.3. The highest BCUT2D eigenvalue weighted by atomic mass is 35.5. The van der Waals surface area contributed by atoms with E-state index in [0.717, 1.165) is 57.4 Å². The maximum atomic E-state index is 13.6. The first kappa shape index (κ1) is 38.5. The van der Waals surface area contributed by atoms with E-state index in [1.165, 1.54) is 40.7 Å². The number of hydrogen-bond acceptors (Lipinski definition) is 10. The van der Waals surface area contributed by atoms with Crippen LogP contribution in [-0.4, -0.2) is 88.2 Å². The molecule has 0 bridgehead atoms. The summed E-state index contributed by atoms with van der Waals surface area (Å²) in [6.45, 7) is -1.36. The molecule has 0 unspecified atom stereocenters.